The second-order valence-electron chi connectivity index (χ2n) is 6.79. The predicted molar refractivity (Wildman–Crippen MR) is 80.3 cm³/mol. The third-order valence-electron chi connectivity index (χ3n) is 5.69. The van der Waals surface area contributed by atoms with Crippen LogP contribution in [0, 0.1) is 11.3 Å². The van der Waals surface area contributed by atoms with Crippen molar-refractivity contribution < 1.29 is 5.11 Å². The molecule has 2 aliphatic rings. The van der Waals surface area contributed by atoms with Crippen molar-refractivity contribution in [3.05, 3.63) is 0 Å². The van der Waals surface area contributed by atoms with E-state index in [0.717, 1.165) is 13.1 Å². The minimum Gasteiger partial charge on any atom is -0.394 e. The molecule has 1 aliphatic heterocycles. The van der Waals surface area contributed by atoms with Gasteiger partial charge in [0.2, 0.25) is 0 Å². The number of nitrogens with zero attached hydrogens (tertiary/aromatic N) is 1. The number of hydrogen-bond acceptors (Lipinski definition) is 3. The highest BCUT2D eigenvalue weighted by Gasteiger charge is 2.47. The highest BCUT2D eigenvalue weighted by atomic mass is 16.3. The zero-order chi connectivity index (χ0) is 13.9. The first-order valence-corrected chi connectivity index (χ1v) is 8.22. The lowest BCUT2D eigenvalue weighted by Crippen LogP contribution is -2.57. The van der Waals surface area contributed by atoms with Crippen LogP contribution in [-0.4, -0.2) is 48.3 Å². The molecular weight excluding hydrogens is 236 g/mol. The zero-order valence-electron chi connectivity index (χ0n) is 13.0. The number of nitrogens with one attached hydrogen (secondary N) is 1. The van der Waals surface area contributed by atoms with Crippen molar-refractivity contribution >= 4 is 0 Å². The van der Waals surface area contributed by atoms with E-state index in [9.17, 15) is 5.11 Å². The van der Waals surface area contributed by atoms with Crippen LogP contribution in [0.15, 0.2) is 0 Å². The van der Waals surface area contributed by atoms with Gasteiger partial charge in [0.25, 0.3) is 0 Å². The van der Waals surface area contributed by atoms with Gasteiger partial charge in [0.15, 0.2) is 0 Å². The lowest BCUT2D eigenvalue weighted by molar-refractivity contribution is 0.0952. The molecule has 0 aromatic carbocycles. The minimum atomic E-state index is -0.0354. The maximum atomic E-state index is 9.93. The highest BCUT2D eigenvalue weighted by molar-refractivity contribution is 5.04. The average Bonchev–Trinajstić information content (AvgIpc) is 3.21. The Kier molecular flexibility index (Phi) is 4.91. The number of aliphatic hydroxyl groups is 1. The van der Waals surface area contributed by atoms with Gasteiger partial charge in [0.1, 0.15) is 0 Å². The van der Waals surface area contributed by atoms with Crippen LogP contribution in [0.2, 0.25) is 0 Å². The molecule has 2 N–H and O–H groups in total. The Bertz CT molecular complexity index is 286. The Labute approximate surface area is 118 Å². The summed E-state index contributed by atoms with van der Waals surface area (Å²) in [6, 6.07) is 0. The van der Waals surface area contributed by atoms with Crippen LogP contribution in [0.4, 0.5) is 0 Å². The summed E-state index contributed by atoms with van der Waals surface area (Å²) in [5, 5.41) is 13.5. The van der Waals surface area contributed by atoms with E-state index >= 15 is 0 Å². The quantitative estimate of drug-likeness (QED) is 0.709. The molecule has 112 valence electrons. The van der Waals surface area contributed by atoms with Crippen LogP contribution < -0.4 is 5.32 Å². The number of likely N-dealkylation sites (N-methyl/N-ethyl adjacent to an activating group) is 1. The Morgan fingerprint density at radius 3 is 2.37 bits per heavy atom. The lowest BCUT2D eigenvalue weighted by Gasteiger charge is -2.37. The topological polar surface area (TPSA) is 35.5 Å². The zero-order valence-corrected chi connectivity index (χ0v) is 13.0. The normalized spacial score (nSPS) is 26.5. The smallest absolute Gasteiger partial charge is 0.0628 e. The molecule has 2 fully saturated rings. The Balaban J connectivity index is 1.99. The summed E-state index contributed by atoms with van der Waals surface area (Å²) < 4.78 is 0. The standard InChI is InChI=1S/C16H32N2O/c1-4-15(5-2)9-10-18(11-15)12-16(13-19,17-6-3)14-7-8-14/h14,17,19H,4-13H2,1-3H3. The van der Waals surface area contributed by atoms with E-state index in [1.165, 1.54) is 45.2 Å². The van der Waals surface area contributed by atoms with Crippen LogP contribution in [0.1, 0.15) is 52.9 Å². The highest BCUT2D eigenvalue weighted by Crippen LogP contribution is 2.42. The summed E-state index contributed by atoms with van der Waals surface area (Å²) in [6.07, 6.45) is 6.48. The van der Waals surface area contributed by atoms with E-state index in [-0.39, 0.29) is 12.1 Å². The van der Waals surface area contributed by atoms with Crippen LogP contribution in [0.5, 0.6) is 0 Å². The fourth-order valence-corrected chi connectivity index (χ4v) is 3.94. The van der Waals surface area contributed by atoms with Gasteiger partial charge in [0.05, 0.1) is 12.1 Å². The summed E-state index contributed by atoms with van der Waals surface area (Å²) in [4.78, 5) is 2.60. The van der Waals surface area contributed by atoms with E-state index in [0.29, 0.717) is 11.3 Å². The number of aliphatic hydroxyl groups excluding tert-OH is 1. The van der Waals surface area contributed by atoms with Crippen molar-refractivity contribution in [1.82, 2.24) is 10.2 Å². The molecule has 1 heterocycles. The lowest BCUT2D eigenvalue weighted by atomic mass is 9.82. The first-order chi connectivity index (χ1) is 9.13. The molecule has 1 saturated carbocycles. The van der Waals surface area contributed by atoms with Gasteiger partial charge in [-0.1, -0.05) is 20.8 Å². The molecule has 0 radical (unpaired) electrons. The Hall–Kier alpha value is -0.120. The van der Waals surface area contributed by atoms with Crippen molar-refractivity contribution in [1.29, 1.82) is 0 Å². The van der Waals surface area contributed by atoms with Crippen LogP contribution >= 0.6 is 0 Å². The summed E-state index contributed by atoms with van der Waals surface area (Å²) >= 11 is 0. The number of hydrogen-bond donors (Lipinski definition) is 2. The molecule has 1 atom stereocenters. The van der Waals surface area contributed by atoms with Gasteiger partial charge < -0.3 is 15.3 Å². The molecule has 0 spiro atoms. The third kappa shape index (κ3) is 3.14. The van der Waals surface area contributed by atoms with Crippen molar-refractivity contribution in [3.63, 3.8) is 0 Å². The fourth-order valence-electron chi connectivity index (χ4n) is 3.94. The summed E-state index contributed by atoms with van der Waals surface area (Å²) in [6.45, 7) is 11.5. The molecule has 1 aliphatic carbocycles. The first-order valence-electron chi connectivity index (χ1n) is 8.22. The van der Waals surface area contributed by atoms with E-state index in [1.54, 1.807) is 0 Å². The molecule has 2 rings (SSSR count). The van der Waals surface area contributed by atoms with Crippen LogP contribution in [-0.2, 0) is 0 Å². The molecule has 3 heteroatoms. The van der Waals surface area contributed by atoms with Crippen molar-refractivity contribution in [3.8, 4) is 0 Å². The largest absolute Gasteiger partial charge is 0.394 e. The Morgan fingerprint density at radius 1 is 1.26 bits per heavy atom. The second kappa shape index (κ2) is 6.11. The summed E-state index contributed by atoms with van der Waals surface area (Å²) in [7, 11) is 0. The molecule has 0 aromatic rings. The van der Waals surface area contributed by atoms with Gasteiger partial charge >= 0.3 is 0 Å². The predicted octanol–water partition coefficient (Wildman–Crippen LogP) is 2.25. The van der Waals surface area contributed by atoms with Crippen molar-refractivity contribution in [2.45, 2.75) is 58.4 Å². The Morgan fingerprint density at radius 2 is 1.95 bits per heavy atom. The SMILES string of the molecule is CCNC(CO)(CN1CCC(CC)(CC)C1)C1CC1. The van der Waals surface area contributed by atoms with Gasteiger partial charge in [-0.05, 0) is 56.5 Å². The average molecular weight is 268 g/mol. The van der Waals surface area contributed by atoms with Crippen LogP contribution in [0.3, 0.4) is 0 Å². The minimum absolute atomic E-state index is 0.0354. The number of rotatable bonds is 8. The van der Waals surface area contributed by atoms with Crippen LogP contribution in [0.25, 0.3) is 0 Å². The third-order valence-corrected chi connectivity index (χ3v) is 5.69. The van der Waals surface area contributed by atoms with Gasteiger partial charge in [-0.2, -0.15) is 0 Å². The summed E-state index contributed by atoms with van der Waals surface area (Å²) in [5.74, 6) is 0.690. The maximum Gasteiger partial charge on any atom is 0.0628 e. The molecule has 0 aromatic heterocycles. The van der Waals surface area contributed by atoms with Gasteiger partial charge in [-0.15, -0.1) is 0 Å². The van der Waals surface area contributed by atoms with Crippen molar-refractivity contribution in [2.24, 2.45) is 11.3 Å². The van der Waals surface area contributed by atoms with E-state index < -0.39 is 0 Å². The summed E-state index contributed by atoms with van der Waals surface area (Å²) in [5.41, 5.74) is 0.503. The van der Waals surface area contributed by atoms with E-state index in [1.807, 2.05) is 0 Å². The molecule has 0 amide bonds. The number of likely N-dealkylation sites (tertiary alicyclic amines) is 1. The monoisotopic (exact) mass is 268 g/mol. The van der Waals surface area contributed by atoms with Gasteiger partial charge in [-0.25, -0.2) is 0 Å². The molecule has 1 unspecified atom stereocenters. The van der Waals surface area contributed by atoms with E-state index in [4.69, 9.17) is 0 Å². The molecule has 19 heavy (non-hydrogen) atoms. The van der Waals surface area contributed by atoms with Crippen molar-refractivity contribution in [2.75, 3.05) is 32.8 Å². The fraction of sp³-hybridized carbons (Fsp3) is 1.00. The second-order valence-corrected chi connectivity index (χ2v) is 6.79. The van der Waals surface area contributed by atoms with Gasteiger partial charge in [-0.3, -0.25) is 0 Å². The molecular formula is C16H32N2O. The molecule has 0 bridgehead atoms. The molecule has 3 nitrogen and oxygen atoms in total. The maximum absolute atomic E-state index is 9.93. The first kappa shape index (κ1) is 15.3. The van der Waals surface area contributed by atoms with E-state index in [2.05, 4.69) is 31.0 Å². The molecule has 1 saturated heterocycles. The van der Waals surface area contributed by atoms with Gasteiger partial charge in [0, 0.05) is 13.1 Å².